The van der Waals surface area contributed by atoms with E-state index in [4.69, 9.17) is 0 Å². The van der Waals surface area contributed by atoms with Gasteiger partial charge < -0.3 is 60.0 Å². The summed E-state index contributed by atoms with van der Waals surface area (Å²) in [5.74, 6) is -12.9. The largest absolute Gasteiger partial charge is 0.397 e. The summed E-state index contributed by atoms with van der Waals surface area (Å²) in [5, 5.41) is 8.62. The van der Waals surface area contributed by atoms with Crippen molar-refractivity contribution < 1.29 is 79.5 Å². The van der Waals surface area contributed by atoms with E-state index < -0.39 is 199 Å². The Morgan fingerprint density at radius 2 is 1.27 bits per heavy atom. The standard InChI is InChI=1S/C74H117F5N12O12/c1-14-23-48-39-55-65(96)82-73(33-22-34-73)72(103)89(13)63(49-24-19-20-25-49)71(102)88(12)56(67(98)83(6)7)40-59(93)86(10)53(16-3)64(95)81-62(45(5)15-2)70(101)85(9)43-60(94)87(11)54-26-18-17-21-35-90(69(54)100)57(38-46-29-27-44(4)28-30-46)68(99)84(8)42-58(92)80-52(66(97)91(55)41-48)32-31-47-36-50(75)61(51(76)37-47)74(77,78)79/h17-18,44-57,61-63H,14-16,19-43H2,1-13H3,(H,80,92)(H,81,95)(H,82,96)/b18-17-/t44?,45-,46?,47?,48+,50?,51?,52-,53-,54-,55-,56-,57-,61?,62-,63-/m0/s1. The molecular weight excluding hydrogens is 1340 g/mol. The number of halogens is 5. The van der Waals surface area contributed by atoms with Crippen LogP contribution in [0.3, 0.4) is 0 Å². The van der Waals surface area contributed by atoms with Crippen LogP contribution in [-0.4, -0.2) is 270 Å². The number of rotatable bonds is 12. The van der Waals surface area contributed by atoms with E-state index >= 15 is 37.5 Å². The van der Waals surface area contributed by atoms with Crippen molar-refractivity contribution in [2.75, 3.05) is 82.6 Å². The van der Waals surface area contributed by atoms with E-state index in [-0.39, 0.29) is 76.3 Å². The number of carbonyl (C=O) groups excluding carboxylic acids is 12. The highest BCUT2D eigenvalue weighted by molar-refractivity contribution is 6.01. The molecule has 4 aliphatic carbocycles. The second-order valence-corrected chi connectivity index (χ2v) is 31.4. The normalized spacial score (nSPS) is 32.7. The lowest BCUT2D eigenvalue weighted by Gasteiger charge is -2.46. The number of alkyl halides is 5. The van der Waals surface area contributed by atoms with Gasteiger partial charge in [-0.15, -0.1) is 0 Å². The molecule has 7 aliphatic rings. The maximum absolute atomic E-state index is 15.6. The molecule has 0 radical (unpaired) electrons. The minimum Gasteiger partial charge on any atom is -0.347 e. The van der Waals surface area contributed by atoms with E-state index in [1.807, 2.05) is 19.9 Å². The molecule has 6 fully saturated rings. The number of nitrogens with one attached hydrogen (secondary N) is 3. The SMILES string of the molecule is CCC[C@@H]1C[C@H]2C(=O)NC3(CCC3)C(=O)N(C)[C@@H](C3CCCC3)C(=O)N(C)[C@H](C(=O)N(C)C)CC(=O)N(C)[C@@H](CC)C(=O)N[C@@H]([C@@H](C)CC)C(=O)N(C)CC(=O)N(C)[C@H]3C/C=C\CCN(C3=O)[C@@H](CC3CCC(C)CC3)C(=O)N(C)CC(=O)N[C@@H](CCC3CC(F)C(C(F)(F)F)C(F)C3)C(=O)N2C1. The van der Waals surface area contributed by atoms with E-state index in [1.54, 1.807) is 19.9 Å². The van der Waals surface area contributed by atoms with E-state index in [2.05, 4.69) is 22.9 Å². The van der Waals surface area contributed by atoms with Crippen LogP contribution in [0.4, 0.5) is 22.0 Å². The van der Waals surface area contributed by atoms with Crippen LogP contribution in [0.5, 0.6) is 0 Å². The molecule has 0 aromatic heterocycles. The smallest absolute Gasteiger partial charge is 0.347 e. The Hall–Kier alpha value is -6.97. The van der Waals surface area contributed by atoms with Crippen LogP contribution in [0, 0.1) is 41.4 Å². The van der Waals surface area contributed by atoms with Gasteiger partial charge in [0.05, 0.1) is 19.5 Å². The molecule has 0 aromatic rings. The molecular formula is C74H117F5N12O12. The summed E-state index contributed by atoms with van der Waals surface area (Å²) < 4.78 is 72.8. The summed E-state index contributed by atoms with van der Waals surface area (Å²) in [6.07, 6.45) is -0.653. The highest BCUT2D eigenvalue weighted by atomic mass is 19.4. The van der Waals surface area contributed by atoms with Gasteiger partial charge in [-0.2, -0.15) is 13.2 Å². The Kier molecular flexibility index (Phi) is 29.4. The van der Waals surface area contributed by atoms with Crippen LogP contribution in [0.15, 0.2) is 12.2 Å². The summed E-state index contributed by atoms with van der Waals surface area (Å²) in [5.41, 5.74) is -1.60. The van der Waals surface area contributed by atoms with Gasteiger partial charge in [-0.05, 0) is 132 Å². The molecule has 580 valence electrons. The molecule has 12 atom stereocenters. The zero-order valence-electron chi connectivity index (χ0n) is 63.1. The van der Waals surface area contributed by atoms with Crippen LogP contribution in [0.1, 0.15) is 189 Å². The van der Waals surface area contributed by atoms with Gasteiger partial charge in [0, 0.05) is 69.5 Å². The van der Waals surface area contributed by atoms with Crippen molar-refractivity contribution in [1.29, 1.82) is 0 Å². The average Bonchev–Trinajstić information content (AvgIpc) is 1.66. The van der Waals surface area contributed by atoms with E-state index in [0.717, 1.165) is 45.3 Å². The summed E-state index contributed by atoms with van der Waals surface area (Å²) in [6.45, 7) is 8.06. The monoisotopic (exact) mass is 1460 g/mol. The Labute approximate surface area is 605 Å². The van der Waals surface area contributed by atoms with Crippen molar-refractivity contribution in [3.05, 3.63) is 12.2 Å². The van der Waals surface area contributed by atoms with E-state index in [0.29, 0.717) is 63.7 Å². The lowest BCUT2D eigenvalue weighted by molar-refractivity contribution is -0.219. The average molecular weight is 1460 g/mol. The third-order valence-electron chi connectivity index (χ3n) is 23.8. The van der Waals surface area contributed by atoms with E-state index in [1.165, 1.54) is 80.9 Å². The van der Waals surface area contributed by atoms with Crippen molar-refractivity contribution >= 4 is 70.9 Å². The van der Waals surface area contributed by atoms with Gasteiger partial charge in [-0.25, -0.2) is 8.78 Å². The molecule has 12 amide bonds. The van der Waals surface area contributed by atoms with Crippen molar-refractivity contribution in [1.82, 2.24) is 60.0 Å². The van der Waals surface area contributed by atoms with Crippen molar-refractivity contribution in [2.45, 2.75) is 261 Å². The zero-order valence-corrected chi connectivity index (χ0v) is 63.1. The zero-order chi connectivity index (χ0) is 76.3. The van der Waals surface area contributed by atoms with Gasteiger partial charge in [-0.3, -0.25) is 57.5 Å². The number of nitrogens with zero attached hydrogens (tertiary/aromatic N) is 9. The molecule has 29 heteroatoms. The minimum absolute atomic E-state index is 0.00975. The first kappa shape index (κ1) is 83.3. The van der Waals surface area contributed by atoms with Crippen molar-refractivity contribution in [3.63, 3.8) is 0 Å². The fourth-order valence-corrected chi connectivity index (χ4v) is 17.0. The Balaban J connectivity index is 1.30. The number of carbonyl (C=O) groups is 12. The molecule has 4 saturated carbocycles. The van der Waals surface area contributed by atoms with Gasteiger partial charge in [0.2, 0.25) is 70.9 Å². The first-order valence-electron chi connectivity index (χ1n) is 37.8. The summed E-state index contributed by atoms with van der Waals surface area (Å²) in [7, 11) is 11.3. The molecule has 24 nitrogen and oxygen atoms in total. The van der Waals surface area contributed by atoms with Crippen LogP contribution in [-0.2, 0) is 57.5 Å². The summed E-state index contributed by atoms with van der Waals surface area (Å²) in [6, 6.07) is -10.3. The molecule has 2 saturated heterocycles. The predicted molar refractivity (Wildman–Crippen MR) is 375 cm³/mol. The van der Waals surface area contributed by atoms with Gasteiger partial charge in [0.1, 0.15) is 72.1 Å². The second-order valence-electron chi connectivity index (χ2n) is 31.4. The van der Waals surface area contributed by atoms with Gasteiger partial charge >= 0.3 is 6.18 Å². The molecule has 3 aliphatic heterocycles. The second kappa shape index (κ2) is 36.4. The lowest BCUT2D eigenvalue weighted by Crippen LogP contribution is -2.68. The third-order valence-corrected chi connectivity index (χ3v) is 23.8. The summed E-state index contributed by atoms with van der Waals surface area (Å²) in [4.78, 5) is 191. The Bertz CT molecular complexity index is 3060. The Morgan fingerprint density at radius 3 is 1.84 bits per heavy atom. The maximum Gasteiger partial charge on any atom is 0.397 e. The first-order valence-corrected chi connectivity index (χ1v) is 37.8. The molecule has 3 N–H and O–H groups in total. The quantitative estimate of drug-likeness (QED) is 0.146. The molecule has 7 rings (SSSR count). The number of hydrogen-bond donors (Lipinski definition) is 3. The Morgan fingerprint density at radius 1 is 0.641 bits per heavy atom. The number of likely N-dealkylation sites (N-methyl/N-ethyl adjacent to an activating group) is 7. The molecule has 3 heterocycles. The molecule has 0 aromatic carbocycles. The van der Waals surface area contributed by atoms with Crippen LogP contribution in [0.25, 0.3) is 0 Å². The van der Waals surface area contributed by atoms with Crippen LogP contribution < -0.4 is 16.0 Å². The fraction of sp³-hybridized carbons (Fsp3) is 0.811. The maximum atomic E-state index is 15.6. The van der Waals surface area contributed by atoms with E-state index in [9.17, 15) is 41.9 Å². The summed E-state index contributed by atoms with van der Waals surface area (Å²) >= 11 is 0. The molecule has 103 heavy (non-hydrogen) atoms. The van der Waals surface area contributed by atoms with Gasteiger partial charge in [0.25, 0.3) is 0 Å². The van der Waals surface area contributed by atoms with Crippen LogP contribution in [0.2, 0.25) is 0 Å². The third kappa shape index (κ3) is 20.0. The molecule has 2 bridgehead atoms. The topological polar surface area (TPSA) is 270 Å². The number of hydrogen-bond acceptors (Lipinski definition) is 12. The number of fused-ring (bicyclic) bond motifs is 3. The first-order chi connectivity index (χ1) is 48.5. The predicted octanol–water partition coefficient (Wildman–Crippen LogP) is 6.18. The fourth-order valence-electron chi connectivity index (χ4n) is 17.0. The van der Waals surface area contributed by atoms with Gasteiger partial charge in [-0.1, -0.05) is 98.1 Å². The number of amides is 12. The molecule has 2 unspecified atom stereocenters. The molecule has 1 spiro atoms. The van der Waals surface area contributed by atoms with Crippen molar-refractivity contribution in [2.24, 2.45) is 41.4 Å². The highest BCUT2D eigenvalue weighted by Gasteiger charge is 2.56. The highest BCUT2D eigenvalue weighted by Crippen LogP contribution is 2.45. The lowest BCUT2D eigenvalue weighted by atomic mass is 9.74. The minimum atomic E-state index is -5.16. The van der Waals surface area contributed by atoms with Gasteiger partial charge in [0.15, 0.2) is 0 Å². The van der Waals surface area contributed by atoms with Crippen LogP contribution >= 0.6 is 0 Å². The van der Waals surface area contributed by atoms with Crippen molar-refractivity contribution in [3.8, 4) is 0 Å².